The van der Waals surface area contributed by atoms with E-state index in [9.17, 15) is 13.2 Å². The number of alkyl halides is 3. The fourth-order valence-electron chi connectivity index (χ4n) is 0.897. The highest BCUT2D eigenvalue weighted by Gasteiger charge is 2.42. The van der Waals surface area contributed by atoms with Crippen molar-refractivity contribution in [3.63, 3.8) is 0 Å². The SMILES string of the molecule is COC(Oc1ccc(O)cc1)C(F)(F)F. The minimum absolute atomic E-state index is 0.0306. The van der Waals surface area contributed by atoms with E-state index in [0.29, 0.717) is 0 Å². The summed E-state index contributed by atoms with van der Waals surface area (Å²) in [5.41, 5.74) is 0. The second-order valence-electron chi connectivity index (χ2n) is 2.72. The molecular weight excluding hydrogens is 213 g/mol. The Hall–Kier alpha value is -1.43. The van der Waals surface area contributed by atoms with Crippen molar-refractivity contribution in [2.75, 3.05) is 7.11 Å². The predicted octanol–water partition coefficient (Wildman–Crippen LogP) is 2.31. The van der Waals surface area contributed by atoms with Crippen LogP contribution in [-0.2, 0) is 4.74 Å². The van der Waals surface area contributed by atoms with Crippen molar-refractivity contribution in [2.24, 2.45) is 0 Å². The summed E-state index contributed by atoms with van der Waals surface area (Å²) < 4.78 is 45.2. The van der Waals surface area contributed by atoms with Crippen molar-refractivity contribution in [1.82, 2.24) is 0 Å². The number of methoxy groups -OCH3 is 1. The van der Waals surface area contributed by atoms with E-state index >= 15 is 0 Å². The molecule has 0 amide bonds. The standard InChI is InChI=1S/C9H9F3O3/c1-14-8(9(10,11)12)15-7-4-2-6(13)3-5-7/h2-5,8,13H,1H3. The molecule has 0 aliphatic rings. The minimum atomic E-state index is -4.59. The Morgan fingerprint density at radius 2 is 1.73 bits per heavy atom. The third-order valence-corrected chi connectivity index (χ3v) is 1.56. The van der Waals surface area contributed by atoms with Gasteiger partial charge in [-0.15, -0.1) is 0 Å². The molecule has 84 valence electrons. The fraction of sp³-hybridized carbons (Fsp3) is 0.333. The molecule has 3 nitrogen and oxygen atoms in total. The maximum absolute atomic E-state index is 12.2. The lowest BCUT2D eigenvalue weighted by molar-refractivity contribution is -0.274. The van der Waals surface area contributed by atoms with Crippen LogP contribution >= 0.6 is 0 Å². The second kappa shape index (κ2) is 4.39. The molecule has 0 aliphatic heterocycles. The van der Waals surface area contributed by atoms with Crippen molar-refractivity contribution in [3.8, 4) is 11.5 Å². The van der Waals surface area contributed by atoms with Gasteiger partial charge in [0.25, 0.3) is 6.29 Å². The lowest BCUT2D eigenvalue weighted by atomic mass is 10.3. The van der Waals surface area contributed by atoms with Crippen LogP contribution in [0.3, 0.4) is 0 Å². The van der Waals surface area contributed by atoms with Gasteiger partial charge in [-0.3, -0.25) is 0 Å². The molecule has 1 N–H and O–H groups in total. The summed E-state index contributed by atoms with van der Waals surface area (Å²) in [5, 5.41) is 8.90. The Morgan fingerprint density at radius 1 is 1.20 bits per heavy atom. The molecule has 0 aliphatic carbocycles. The molecule has 15 heavy (non-hydrogen) atoms. The van der Waals surface area contributed by atoms with Gasteiger partial charge in [0.05, 0.1) is 0 Å². The summed E-state index contributed by atoms with van der Waals surface area (Å²) in [6.45, 7) is 0. The quantitative estimate of drug-likeness (QED) is 0.797. The van der Waals surface area contributed by atoms with Gasteiger partial charge in [0.2, 0.25) is 0 Å². The third-order valence-electron chi connectivity index (χ3n) is 1.56. The van der Waals surface area contributed by atoms with Crippen LogP contribution in [-0.4, -0.2) is 24.7 Å². The highest BCUT2D eigenvalue weighted by Crippen LogP contribution is 2.26. The molecule has 0 bridgehead atoms. The maximum Gasteiger partial charge on any atom is 0.452 e. The van der Waals surface area contributed by atoms with E-state index in [4.69, 9.17) is 5.11 Å². The molecule has 1 rings (SSSR count). The molecule has 0 fully saturated rings. The number of aromatic hydroxyl groups is 1. The molecule has 0 heterocycles. The molecular formula is C9H9F3O3. The van der Waals surface area contributed by atoms with Crippen LogP contribution in [0, 0.1) is 0 Å². The summed E-state index contributed by atoms with van der Waals surface area (Å²) in [4.78, 5) is 0. The van der Waals surface area contributed by atoms with Crippen LogP contribution in [0.2, 0.25) is 0 Å². The zero-order valence-electron chi connectivity index (χ0n) is 7.78. The first kappa shape index (κ1) is 11.6. The van der Waals surface area contributed by atoms with Crippen LogP contribution < -0.4 is 4.74 Å². The van der Waals surface area contributed by atoms with E-state index in [1.54, 1.807) is 0 Å². The third kappa shape index (κ3) is 3.32. The second-order valence-corrected chi connectivity index (χ2v) is 2.72. The van der Waals surface area contributed by atoms with Gasteiger partial charge in [-0.1, -0.05) is 0 Å². The Labute approximate surface area is 84.0 Å². The van der Waals surface area contributed by atoms with Crippen LogP contribution in [0.1, 0.15) is 0 Å². The Kier molecular flexibility index (Phi) is 3.41. The van der Waals surface area contributed by atoms with Gasteiger partial charge in [0.1, 0.15) is 11.5 Å². The maximum atomic E-state index is 12.2. The normalized spacial score (nSPS) is 13.6. The van der Waals surface area contributed by atoms with E-state index < -0.39 is 12.5 Å². The van der Waals surface area contributed by atoms with Gasteiger partial charge >= 0.3 is 6.18 Å². The van der Waals surface area contributed by atoms with Gasteiger partial charge in [-0.2, -0.15) is 13.2 Å². The lowest BCUT2D eigenvalue weighted by Gasteiger charge is -2.19. The number of halogens is 3. The van der Waals surface area contributed by atoms with E-state index in [1.165, 1.54) is 24.3 Å². The number of hydrogen-bond donors (Lipinski definition) is 1. The highest BCUT2D eigenvalue weighted by atomic mass is 19.4. The molecule has 0 spiro atoms. The largest absolute Gasteiger partial charge is 0.508 e. The number of benzene rings is 1. The van der Waals surface area contributed by atoms with Crippen molar-refractivity contribution in [1.29, 1.82) is 0 Å². The summed E-state index contributed by atoms with van der Waals surface area (Å²) in [7, 11) is 0.901. The van der Waals surface area contributed by atoms with Gasteiger partial charge in [0, 0.05) is 7.11 Å². The number of phenolic OH excluding ortho intramolecular Hbond substituents is 1. The molecule has 0 aromatic heterocycles. The van der Waals surface area contributed by atoms with Crippen molar-refractivity contribution >= 4 is 0 Å². The summed E-state index contributed by atoms with van der Waals surface area (Å²) in [6.07, 6.45) is -6.89. The molecule has 1 unspecified atom stereocenters. The summed E-state index contributed by atoms with van der Waals surface area (Å²) in [5.74, 6) is -0.0831. The van der Waals surface area contributed by atoms with Gasteiger partial charge in [0.15, 0.2) is 0 Å². The van der Waals surface area contributed by atoms with Crippen molar-refractivity contribution < 1.29 is 27.8 Å². The van der Waals surface area contributed by atoms with Crippen LogP contribution in [0.5, 0.6) is 11.5 Å². The van der Waals surface area contributed by atoms with Gasteiger partial charge in [-0.25, -0.2) is 0 Å². The molecule has 1 aromatic carbocycles. The summed E-state index contributed by atoms with van der Waals surface area (Å²) >= 11 is 0. The first-order valence-electron chi connectivity index (χ1n) is 3.98. The number of hydrogen-bond acceptors (Lipinski definition) is 3. The highest BCUT2D eigenvalue weighted by molar-refractivity contribution is 5.30. The smallest absolute Gasteiger partial charge is 0.452 e. The Bertz CT molecular complexity index is 307. The van der Waals surface area contributed by atoms with Crippen LogP contribution in [0.15, 0.2) is 24.3 Å². The van der Waals surface area contributed by atoms with E-state index in [1.807, 2.05) is 0 Å². The van der Waals surface area contributed by atoms with E-state index in [0.717, 1.165) is 7.11 Å². The van der Waals surface area contributed by atoms with Crippen LogP contribution in [0.25, 0.3) is 0 Å². The summed E-state index contributed by atoms with van der Waals surface area (Å²) in [6, 6.07) is 4.87. The zero-order valence-corrected chi connectivity index (χ0v) is 7.78. The molecule has 6 heteroatoms. The topological polar surface area (TPSA) is 38.7 Å². The molecule has 1 aromatic rings. The monoisotopic (exact) mass is 222 g/mol. The average Bonchev–Trinajstić information content (AvgIpc) is 2.15. The number of phenols is 1. The first-order valence-corrected chi connectivity index (χ1v) is 3.98. The van der Waals surface area contributed by atoms with E-state index in [2.05, 4.69) is 9.47 Å². The average molecular weight is 222 g/mol. The Balaban J connectivity index is 2.71. The first-order chi connectivity index (χ1) is 6.93. The van der Waals surface area contributed by atoms with E-state index in [-0.39, 0.29) is 11.5 Å². The molecule has 1 atom stereocenters. The zero-order chi connectivity index (χ0) is 11.5. The van der Waals surface area contributed by atoms with Gasteiger partial charge < -0.3 is 14.6 Å². The molecule has 0 saturated carbocycles. The van der Waals surface area contributed by atoms with Crippen molar-refractivity contribution in [3.05, 3.63) is 24.3 Å². The van der Waals surface area contributed by atoms with Crippen LogP contribution in [0.4, 0.5) is 13.2 Å². The van der Waals surface area contributed by atoms with Crippen molar-refractivity contribution in [2.45, 2.75) is 12.5 Å². The minimum Gasteiger partial charge on any atom is -0.508 e. The molecule has 0 saturated heterocycles. The molecule has 0 radical (unpaired) electrons. The fourth-order valence-corrected chi connectivity index (χ4v) is 0.897. The number of rotatable bonds is 3. The Morgan fingerprint density at radius 3 is 2.13 bits per heavy atom. The predicted molar refractivity (Wildman–Crippen MR) is 45.6 cm³/mol. The lowest BCUT2D eigenvalue weighted by Crippen LogP contribution is -2.35. The number of ether oxygens (including phenoxy) is 2. The van der Waals surface area contributed by atoms with Gasteiger partial charge in [-0.05, 0) is 24.3 Å².